The van der Waals surface area contributed by atoms with Gasteiger partial charge in [0.05, 0.1) is 17.0 Å². The molecule has 2 aromatic heterocycles. The Hall–Kier alpha value is -2.63. The van der Waals surface area contributed by atoms with Crippen molar-refractivity contribution in [1.82, 2.24) is 14.3 Å². The van der Waals surface area contributed by atoms with E-state index in [-0.39, 0.29) is 17.3 Å². The Morgan fingerprint density at radius 3 is 2.47 bits per heavy atom. The van der Waals surface area contributed by atoms with E-state index in [1.54, 1.807) is 10.8 Å². The fraction of sp³-hybridized carbons (Fsp3) is 0.364. The van der Waals surface area contributed by atoms with Gasteiger partial charge in [-0.2, -0.15) is 17.9 Å². The lowest BCUT2D eigenvalue weighted by molar-refractivity contribution is -0.147. The Bertz CT molecular complexity index is 1380. The monoisotopic (exact) mass is 514 g/mol. The lowest BCUT2D eigenvalue weighted by atomic mass is 9.92. The van der Waals surface area contributed by atoms with E-state index in [9.17, 15) is 26.4 Å². The summed E-state index contributed by atoms with van der Waals surface area (Å²) in [6.07, 6.45) is -1.01. The third-order valence-electron chi connectivity index (χ3n) is 6.08. The van der Waals surface area contributed by atoms with E-state index < -0.39 is 33.0 Å². The second kappa shape index (κ2) is 8.54. The van der Waals surface area contributed by atoms with Gasteiger partial charge in [-0.05, 0) is 62.9 Å². The number of nitrogens with zero attached hydrogens (tertiary/aromatic N) is 2. The standard InChI is InChI=1S/C22H22ClF3N4O3S/c1-11-8-18-15(9-16(11)23)19(21(27)31)20(30(18)13-4-3-5-13)17-7-6-14(10-28-17)34(32,33)29-12(2)22(24,25)26/h6-10,12-13,29H,3-5H2,1-2H3,(H2,27,31)/t12-/m1/s1. The van der Waals surface area contributed by atoms with Gasteiger partial charge in [-0.25, -0.2) is 8.42 Å². The lowest BCUT2D eigenvalue weighted by Crippen LogP contribution is -2.42. The largest absolute Gasteiger partial charge is 0.404 e. The number of rotatable bonds is 6. The molecule has 1 atom stereocenters. The van der Waals surface area contributed by atoms with Crippen LogP contribution < -0.4 is 10.5 Å². The highest BCUT2D eigenvalue weighted by Gasteiger charge is 2.39. The maximum Gasteiger partial charge on any atom is 0.404 e. The van der Waals surface area contributed by atoms with Gasteiger partial charge in [-0.1, -0.05) is 11.6 Å². The van der Waals surface area contributed by atoms with Crippen molar-refractivity contribution < 1.29 is 26.4 Å². The first-order chi connectivity index (χ1) is 15.8. The number of nitrogens with two attached hydrogens (primary N) is 1. The maximum atomic E-state index is 12.8. The van der Waals surface area contributed by atoms with Crippen molar-refractivity contribution in [3.8, 4) is 11.4 Å². The van der Waals surface area contributed by atoms with Gasteiger partial charge in [0.1, 0.15) is 10.9 Å². The average Bonchev–Trinajstić information content (AvgIpc) is 3.00. The average molecular weight is 515 g/mol. The summed E-state index contributed by atoms with van der Waals surface area (Å²) in [5, 5.41) is 1.02. The number of amides is 1. The van der Waals surface area contributed by atoms with Crippen LogP contribution in [0.1, 0.15) is 48.1 Å². The number of halogens is 4. The van der Waals surface area contributed by atoms with Gasteiger partial charge in [0.2, 0.25) is 10.0 Å². The molecule has 0 radical (unpaired) electrons. The molecule has 34 heavy (non-hydrogen) atoms. The number of hydrogen-bond donors (Lipinski definition) is 2. The Morgan fingerprint density at radius 2 is 1.97 bits per heavy atom. The second-order valence-electron chi connectivity index (χ2n) is 8.42. The van der Waals surface area contributed by atoms with Crippen LogP contribution in [-0.4, -0.2) is 36.1 Å². The number of carbonyl (C=O) groups is 1. The number of carbonyl (C=O) groups excluding carboxylic acids is 1. The van der Waals surface area contributed by atoms with E-state index in [1.165, 1.54) is 6.07 Å². The van der Waals surface area contributed by atoms with Gasteiger partial charge in [0, 0.05) is 28.2 Å². The van der Waals surface area contributed by atoms with E-state index in [2.05, 4.69) is 4.98 Å². The molecule has 12 heteroatoms. The van der Waals surface area contributed by atoms with E-state index in [0.717, 1.165) is 42.6 Å². The fourth-order valence-corrected chi connectivity index (χ4v) is 5.34. The summed E-state index contributed by atoms with van der Waals surface area (Å²) in [7, 11) is -4.47. The lowest BCUT2D eigenvalue weighted by Gasteiger charge is -2.30. The predicted molar refractivity (Wildman–Crippen MR) is 122 cm³/mol. The molecule has 2 heterocycles. The van der Waals surface area contributed by atoms with Crippen LogP contribution in [0, 0.1) is 6.92 Å². The first-order valence-corrected chi connectivity index (χ1v) is 12.4. The normalized spacial score (nSPS) is 15.9. The van der Waals surface area contributed by atoms with Gasteiger partial charge in [0.15, 0.2) is 0 Å². The maximum absolute atomic E-state index is 12.8. The minimum Gasteiger partial charge on any atom is -0.366 e. The minimum atomic E-state index is -4.74. The van der Waals surface area contributed by atoms with E-state index in [0.29, 0.717) is 23.0 Å². The summed E-state index contributed by atoms with van der Waals surface area (Å²) in [6, 6.07) is 3.87. The SMILES string of the molecule is Cc1cc2c(cc1Cl)c(C(N)=O)c(-c1ccc(S(=O)(=O)N[C@H](C)C(F)(F)F)cn1)n2C1CCC1. The molecule has 3 N–H and O–H groups in total. The number of nitrogens with one attached hydrogen (secondary N) is 1. The summed E-state index contributed by atoms with van der Waals surface area (Å²) < 4.78 is 66.9. The van der Waals surface area contributed by atoms with E-state index >= 15 is 0 Å². The van der Waals surface area contributed by atoms with Crippen molar-refractivity contribution in [2.45, 2.75) is 56.3 Å². The van der Waals surface area contributed by atoms with Crippen molar-refractivity contribution in [1.29, 1.82) is 0 Å². The zero-order valence-electron chi connectivity index (χ0n) is 18.3. The van der Waals surface area contributed by atoms with Crippen LogP contribution in [0.3, 0.4) is 0 Å². The molecule has 1 fully saturated rings. The summed E-state index contributed by atoms with van der Waals surface area (Å²) in [5.41, 5.74) is 8.21. The van der Waals surface area contributed by atoms with Gasteiger partial charge < -0.3 is 10.3 Å². The first kappa shape index (κ1) is 24.5. The summed E-state index contributed by atoms with van der Waals surface area (Å²) in [5.74, 6) is -0.697. The van der Waals surface area contributed by atoms with Crippen molar-refractivity contribution in [2.75, 3.05) is 0 Å². The number of primary amides is 1. The zero-order chi connectivity index (χ0) is 25.0. The highest BCUT2D eigenvalue weighted by atomic mass is 35.5. The van der Waals surface area contributed by atoms with E-state index in [1.807, 2.05) is 17.6 Å². The number of aromatic nitrogens is 2. The summed E-state index contributed by atoms with van der Waals surface area (Å²) in [6.45, 7) is 2.55. The van der Waals surface area contributed by atoms with Gasteiger partial charge in [-0.3, -0.25) is 9.78 Å². The number of hydrogen-bond acceptors (Lipinski definition) is 4. The minimum absolute atomic E-state index is 0.0886. The Morgan fingerprint density at radius 1 is 1.29 bits per heavy atom. The van der Waals surface area contributed by atoms with Crippen LogP contribution in [0.25, 0.3) is 22.3 Å². The molecule has 0 spiro atoms. The summed E-state index contributed by atoms with van der Waals surface area (Å²) in [4.78, 5) is 16.3. The molecule has 1 aliphatic carbocycles. The Labute approximate surface area is 199 Å². The molecule has 0 aliphatic heterocycles. The zero-order valence-corrected chi connectivity index (χ0v) is 19.9. The third kappa shape index (κ3) is 4.27. The van der Waals surface area contributed by atoms with Crippen LogP contribution in [0.2, 0.25) is 5.02 Å². The van der Waals surface area contributed by atoms with Gasteiger partial charge in [-0.15, -0.1) is 0 Å². The van der Waals surface area contributed by atoms with Crippen molar-refractivity contribution in [3.63, 3.8) is 0 Å². The highest BCUT2D eigenvalue weighted by Crippen LogP contribution is 2.43. The molecule has 1 saturated carbocycles. The smallest absolute Gasteiger partial charge is 0.366 e. The fourth-order valence-electron chi connectivity index (χ4n) is 4.01. The van der Waals surface area contributed by atoms with Crippen molar-refractivity contribution in [2.24, 2.45) is 5.73 Å². The highest BCUT2D eigenvalue weighted by molar-refractivity contribution is 7.89. The molecule has 182 valence electrons. The molecule has 0 saturated heterocycles. The number of benzene rings is 1. The molecule has 4 rings (SSSR count). The van der Waals surface area contributed by atoms with Crippen LogP contribution in [-0.2, 0) is 10.0 Å². The van der Waals surface area contributed by atoms with Gasteiger partial charge in [0.25, 0.3) is 5.91 Å². The third-order valence-corrected chi connectivity index (χ3v) is 8.02. The van der Waals surface area contributed by atoms with Crippen LogP contribution in [0.5, 0.6) is 0 Å². The molecule has 0 unspecified atom stereocenters. The van der Waals surface area contributed by atoms with Crippen molar-refractivity contribution >= 4 is 38.4 Å². The first-order valence-electron chi connectivity index (χ1n) is 10.5. The van der Waals surface area contributed by atoms with Gasteiger partial charge >= 0.3 is 6.18 Å². The number of pyridine rings is 1. The second-order valence-corrected chi connectivity index (χ2v) is 10.5. The molecule has 1 amide bonds. The van der Waals surface area contributed by atoms with Crippen LogP contribution >= 0.6 is 11.6 Å². The number of aryl methyl sites for hydroxylation is 1. The number of alkyl halides is 3. The quantitative estimate of drug-likeness (QED) is 0.496. The molecule has 1 aliphatic rings. The number of sulfonamides is 1. The molecule has 7 nitrogen and oxygen atoms in total. The van der Waals surface area contributed by atoms with Crippen molar-refractivity contribution in [3.05, 3.63) is 46.6 Å². The molecular formula is C22H22ClF3N4O3S. The van der Waals surface area contributed by atoms with Crippen LogP contribution in [0.4, 0.5) is 13.2 Å². The van der Waals surface area contributed by atoms with Crippen LogP contribution in [0.15, 0.2) is 35.4 Å². The molecule has 1 aromatic carbocycles. The molecule has 3 aromatic rings. The Kier molecular flexibility index (Phi) is 6.16. The predicted octanol–water partition coefficient (Wildman–Crippen LogP) is 4.72. The number of fused-ring (bicyclic) bond motifs is 1. The Balaban J connectivity index is 1.86. The molecule has 0 bridgehead atoms. The summed E-state index contributed by atoms with van der Waals surface area (Å²) >= 11 is 6.31. The van der Waals surface area contributed by atoms with E-state index in [4.69, 9.17) is 17.3 Å². The topological polar surface area (TPSA) is 107 Å². The molecular weight excluding hydrogens is 493 g/mol.